The predicted molar refractivity (Wildman–Crippen MR) is 91.6 cm³/mol. The maximum Gasteiger partial charge on any atom is 0.0616 e. The molecule has 2 atom stereocenters. The molecule has 0 aromatic rings. The van der Waals surface area contributed by atoms with Gasteiger partial charge in [0.05, 0.1) is 6.61 Å². The van der Waals surface area contributed by atoms with E-state index in [4.69, 9.17) is 0 Å². The van der Waals surface area contributed by atoms with E-state index in [-0.39, 0.29) is 5.54 Å². The molecular formula is C18H38N2O. The molecule has 2 N–H and O–H groups in total. The van der Waals surface area contributed by atoms with E-state index in [9.17, 15) is 5.11 Å². The summed E-state index contributed by atoms with van der Waals surface area (Å²) < 4.78 is 0. The summed E-state index contributed by atoms with van der Waals surface area (Å²) in [6, 6.07) is 0.612. The molecule has 1 rings (SSSR count). The molecule has 2 unspecified atom stereocenters. The first-order valence-electron chi connectivity index (χ1n) is 9.05. The molecular weight excluding hydrogens is 260 g/mol. The van der Waals surface area contributed by atoms with Gasteiger partial charge in [0, 0.05) is 18.1 Å². The summed E-state index contributed by atoms with van der Waals surface area (Å²) in [6.07, 6.45) is 6.01. The van der Waals surface area contributed by atoms with Crippen molar-refractivity contribution in [2.75, 3.05) is 26.2 Å². The zero-order valence-electron chi connectivity index (χ0n) is 15.0. The molecule has 0 heterocycles. The van der Waals surface area contributed by atoms with Crippen molar-refractivity contribution in [2.24, 2.45) is 11.8 Å². The van der Waals surface area contributed by atoms with Crippen LogP contribution in [0.1, 0.15) is 66.7 Å². The Morgan fingerprint density at radius 2 is 2.00 bits per heavy atom. The molecule has 1 fully saturated rings. The molecule has 3 heteroatoms. The van der Waals surface area contributed by atoms with Gasteiger partial charge >= 0.3 is 0 Å². The smallest absolute Gasteiger partial charge is 0.0616 e. The summed E-state index contributed by atoms with van der Waals surface area (Å²) in [7, 11) is 0. The van der Waals surface area contributed by atoms with E-state index in [2.05, 4.69) is 44.8 Å². The van der Waals surface area contributed by atoms with Crippen LogP contribution in [-0.4, -0.2) is 47.8 Å². The Morgan fingerprint density at radius 1 is 1.29 bits per heavy atom. The van der Waals surface area contributed by atoms with E-state index in [0.717, 1.165) is 31.8 Å². The van der Waals surface area contributed by atoms with Gasteiger partial charge in [-0.3, -0.25) is 0 Å². The third kappa shape index (κ3) is 5.54. The molecule has 126 valence electrons. The summed E-state index contributed by atoms with van der Waals surface area (Å²) in [6.45, 7) is 15.1. The zero-order chi connectivity index (χ0) is 15.9. The number of nitrogens with zero attached hydrogens (tertiary/aromatic N) is 1. The van der Waals surface area contributed by atoms with Crippen LogP contribution in [0.25, 0.3) is 0 Å². The Morgan fingerprint density at radius 3 is 2.52 bits per heavy atom. The van der Waals surface area contributed by atoms with Crippen molar-refractivity contribution >= 4 is 0 Å². The van der Waals surface area contributed by atoms with Crippen molar-refractivity contribution in [1.29, 1.82) is 0 Å². The molecule has 1 aliphatic carbocycles. The van der Waals surface area contributed by atoms with Crippen LogP contribution < -0.4 is 5.32 Å². The predicted octanol–water partition coefficient (Wildman–Crippen LogP) is 3.27. The largest absolute Gasteiger partial charge is 0.394 e. The van der Waals surface area contributed by atoms with Crippen molar-refractivity contribution in [3.05, 3.63) is 0 Å². The summed E-state index contributed by atoms with van der Waals surface area (Å²) in [5.74, 6) is 1.35. The van der Waals surface area contributed by atoms with Gasteiger partial charge in [0.2, 0.25) is 0 Å². The number of rotatable bonds is 10. The first kappa shape index (κ1) is 18.9. The highest BCUT2D eigenvalue weighted by Crippen LogP contribution is 2.38. The molecule has 0 bridgehead atoms. The first-order chi connectivity index (χ1) is 9.95. The lowest BCUT2D eigenvalue weighted by Crippen LogP contribution is -2.52. The maximum absolute atomic E-state index is 9.96. The van der Waals surface area contributed by atoms with Gasteiger partial charge in [-0.25, -0.2) is 0 Å². The average Bonchev–Trinajstić information content (AvgIpc) is 2.84. The topological polar surface area (TPSA) is 35.5 Å². The molecule has 21 heavy (non-hydrogen) atoms. The normalized spacial score (nSPS) is 26.4. The fourth-order valence-electron chi connectivity index (χ4n) is 3.79. The van der Waals surface area contributed by atoms with E-state index in [1.54, 1.807) is 0 Å². The summed E-state index contributed by atoms with van der Waals surface area (Å²) >= 11 is 0. The van der Waals surface area contributed by atoms with Crippen LogP contribution >= 0.6 is 0 Å². The molecule has 0 saturated heterocycles. The average molecular weight is 299 g/mol. The van der Waals surface area contributed by atoms with Crippen LogP contribution in [0.5, 0.6) is 0 Å². The lowest BCUT2D eigenvalue weighted by Gasteiger charge is -2.37. The van der Waals surface area contributed by atoms with Crippen LogP contribution in [0.4, 0.5) is 0 Å². The van der Waals surface area contributed by atoms with Gasteiger partial charge in [0.1, 0.15) is 0 Å². The Bertz CT molecular complexity index is 280. The highest BCUT2D eigenvalue weighted by Gasteiger charge is 2.41. The molecule has 0 aliphatic heterocycles. The van der Waals surface area contributed by atoms with E-state index in [1.165, 1.54) is 25.8 Å². The van der Waals surface area contributed by atoms with E-state index in [0.29, 0.717) is 18.6 Å². The van der Waals surface area contributed by atoms with Gasteiger partial charge in [-0.05, 0) is 64.5 Å². The highest BCUT2D eigenvalue weighted by atomic mass is 16.3. The minimum atomic E-state index is -0.00348. The van der Waals surface area contributed by atoms with Gasteiger partial charge in [0.15, 0.2) is 0 Å². The summed E-state index contributed by atoms with van der Waals surface area (Å²) in [5, 5.41) is 13.6. The monoisotopic (exact) mass is 298 g/mol. The molecule has 0 spiro atoms. The fraction of sp³-hybridized carbons (Fsp3) is 1.00. The molecule has 0 aromatic heterocycles. The number of hydrogen-bond acceptors (Lipinski definition) is 3. The van der Waals surface area contributed by atoms with Crippen molar-refractivity contribution < 1.29 is 5.11 Å². The number of nitrogens with one attached hydrogen (secondary N) is 1. The number of hydrogen-bond donors (Lipinski definition) is 2. The van der Waals surface area contributed by atoms with E-state index in [1.807, 2.05) is 0 Å². The van der Waals surface area contributed by atoms with Crippen LogP contribution in [0, 0.1) is 11.8 Å². The van der Waals surface area contributed by atoms with E-state index >= 15 is 0 Å². The molecule has 1 aliphatic rings. The van der Waals surface area contributed by atoms with Crippen LogP contribution in [0.2, 0.25) is 0 Å². The Kier molecular flexibility index (Phi) is 8.22. The molecule has 1 saturated carbocycles. The Balaban J connectivity index is 2.58. The molecule has 0 amide bonds. The van der Waals surface area contributed by atoms with Crippen LogP contribution in [-0.2, 0) is 0 Å². The molecule has 0 aromatic carbocycles. The fourth-order valence-corrected chi connectivity index (χ4v) is 3.79. The van der Waals surface area contributed by atoms with E-state index < -0.39 is 0 Å². The first-order valence-corrected chi connectivity index (χ1v) is 9.05. The molecule has 3 nitrogen and oxygen atoms in total. The maximum atomic E-state index is 9.96. The second-order valence-electron chi connectivity index (χ2n) is 7.60. The van der Waals surface area contributed by atoms with Gasteiger partial charge in [-0.2, -0.15) is 0 Å². The third-order valence-corrected chi connectivity index (χ3v) is 5.06. The Labute approximate surface area is 132 Å². The number of aliphatic hydroxyl groups is 1. The number of aliphatic hydroxyl groups excluding tert-OH is 1. The molecule has 0 radical (unpaired) electrons. The Hall–Kier alpha value is -0.120. The van der Waals surface area contributed by atoms with Crippen molar-refractivity contribution in [2.45, 2.75) is 78.3 Å². The summed E-state index contributed by atoms with van der Waals surface area (Å²) in [5.41, 5.74) is -0.00348. The second-order valence-corrected chi connectivity index (χ2v) is 7.60. The third-order valence-electron chi connectivity index (χ3n) is 5.06. The minimum absolute atomic E-state index is 0.00348. The minimum Gasteiger partial charge on any atom is -0.394 e. The zero-order valence-corrected chi connectivity index (χ0v) is 15.0. The standard InChI is InChI=1S/C18H38N2O/c1-6-11-19-18(14-21)10-7-8-17(18)9-12-20(16(4)5)13-15(2)3/h15-17,19,21H,6-14H2,1-5H3. The van der Waals surface area contributed by atoms with Crippen LogP contribution in [0.15, 0.2) is 0 Å². The van der Waals surface area contributed by atoms with Crippen molar-refractivity contribution in [3.63, 3.8) is 0 Å². The van der Waals surface area contributed by atoms with Gasteiger partial charge in [-0.1, -0.05) is 27.2 Å². The SMILES string of the molecule is CCCNC1(CO)CCCC1CCN(CC(C)C)C(C)C. The van der Waals surface area contributed by atoms with Crippen LogP contribution in [0.3, 0.4) is 0 Å². The van der Waals surface area contributed by atoms with Crippen molar-refractivity contribution in [1.82, 2.24) is 10.2 Å². The summed E-state index contributed by atoms with van der Waals surface area (Å²) in [4.78, 5) is 2.60. The lowest BCUT2D eigenvalue weighted by atomic mass is 9.84. The quantitative estimate of drug-likeness (QED) is 0.650. The second kappa shape index (κ2) is 9.12. The lowest BCUT2D eigenvalue weighted by molar-refractivity contribution is 0.104. The van der Waals surface area contributed by atoms with Gasteiger partial charge in [0.25, 0.3) is 0 Å². The van der Waals surface area contributed by atoms with Gasteiger partial charge in [-0.15, -0.1) is 0 Å². The van der Waals surface area contributed by atoms with Crippen molar-refractivity contribution in [3.8, 4) is 0 Å². The van der Waals surface area contributed by atoms with Gasteiger partial charge < -0.3 is 15.3 Å². The highest BCUT2D eigenvalue weighted by molar-refractivity contribution is 4.99.